The van der Waals surface area contributed by atoms with E-state index in [1.54, 1.807) is 7.11 Å². The smallest absolute Gasteiger partial charge is 0.150 e. The summed E-state index contributed by atoms with van der Waals surface area (Å²) in [6.45, 7) is 2.03. The fourth-order valence-corrected chi connectivity index (χ4v) is 4.44. The summed E-state index contributed by atoms with van der Waals surface area (Å²) in [4.78, 5) is 0. The first-order valence-electron chi connectivity index (χ1n) is 9.76. The SMILES string of the molecule is COC1Nc2cc(C(C)(C#N)Cc3ccccc3)ccc2C2=C1CCCC2. The molecule has 0 amide bonds. The third kappa shape index (κ3) is 3.26. The van der Waals surface area contributed by atoms with Gasteiger partial charge in [0.2, 0.25) is 0 Å². The summed E-state index contributed by atoms with van der Waals surface area (Å²) in [5.74, 6) is 0. The summed E-state index contributed by atoms with van der Waals surface area (Å²) in [5, 5.41) is 13.5. The topological polar surface area (TPSA) is 45.0 Å². The van der Waals surface area contributed by atoms with Gasteiger partial charge in [-0.3, -0.25) is 0 Å². The average Bonchev–Trinajstić information content (AvgIpc) is 2.73. The highest BCUT2D eigenvalue weighted by atomic mass is 16.5. The number of nitrogens with one attached hydrogen (secondary N) is 1. The number of hydrogen-bond donors (Lipinski definition) is 1. The van der Waals surface area contributed by atoms with Crippen LogP contribution in [0.4, 0.5) is 5.69 Å². The third-order valence-electron chi connectivity index (χ3n) is 5.98. The first-order chi connectivity index (χ1) is 13.1. The molecule has 3 heteroatoms. The molecule has 2 atom stereocenters. The van der Waals surface area contributed by atoms with Gasteiger partial charge < -0.3 is 10.1 Å². The number of ether oxygens (including phenoxy) is 1. The molecule has 0 spiro atoms. The van der Waals surface area contributed by atoms with Crippen molar-refractivity contribution in [1.82, 2.24) is 0 Å². The summed E-state index contributed by atoms with van der Waals surface area (Å²) < 4.78 is 5.73. The number of benzene rings is 2. The van der Waals surface area contributed by atoms with Crippen molar-refractivity contribution < 1.29 is 4.74 Å². The zero-order valence-corrected chi connectivity index (χ0v) is 16.1. The van der Waals surface area contributed by atoms with Crippen LogP contribution in [0.3, 0.4) is 0 Å². The Morgan fingerprint density at radius 3 is 2.67 bits per heavy atom. The molecule has 0 bridgehead atoms. The molecule has 3 nitrogen and oxygen atoms in total. The van der Waals surface area contributed by atoms with E-state index in [2.05, 4.69) is 41.7 Å². The molecular formula is C24H26N2O. The lowest BCUT2D eigenvalue weighted by atomic mass is 9.76. The molecule has 2 aliphatic rings. The number of methoxy groups -OCH3 is 1. The third-order valence-corrected chi connectivity index (χ3v) is 5.98. The van der Waals surface area contributed by atoms with E-state index in [1.807, 2.05) is 25.1 Å². The fourth-order valence-electron chi connectivity index (χ4n) is 4.44. The second-order valence-electron chi connectivity index (χ2n) is 7.84. The van der Waals surface area contributed by atoms with Crippen molar-refractivity contribution in [2.24, 2.45) is 0 Å². The number of anilines is 1. The van der Waals surface area contributed by atoms with Gasteiger partial charge in [0.25, 0.3) is 0 Å². The maximum atomic E-state index is 9.99. The summed E-state index contributed by atoms with van der Waals surface area (Å²) in [7, 11) is 1.76. The van der Waals surface area contributed by atoms with Crippen LogP contribution in [0.15, 0.2) is 54.1 Å². The van der Waals surface area contributed by atoms with E-state index in [1.165, 1.54) is 35.1 Å². The number of hydrogen-bond acceptors (Lipinski definition) is 3. The maximum absolute atomic E-state index is 9.99. The minimum Gasteiger partial charge on any atom is -0.358 e. The van der Waals surface area contributed by atoms with E-state index in [9.17, 15) is 5.26 Å². The van der Waals surface area contributed by atoms with E-state index in [0.29, 0.717) is 6.42 Å². The predicted molar refractivity (Wildman–Crippen MR) is 109 cm³/mol. The lowest BCUT2D eigenvalue weighted by molar-refractivity contribution is 0.149. The van der Waals surface area contributed by atoms with Gasteiger partial charge in [-0.15, -0.1) is 0 Å². The van der Waals surface area contributed by atoms with E-state index >= 15 is 0 Å². The molecule has 2 unspecified atom stereocenters. The van der Waals surface area contributed by atoms with E-state index in [-0.39, 0.29) is 6.23 Å². The number of allylic oxidation sites excluding steroid dienone is 1. The van der Waals surface area contributed by atoms with Gasteiger partial charge >= 0.3 is 0 Å². The molecule has 27 heavy (non-hydrogen) atoms. The van der Waals surface area contributed by atoms with Crippen molar-refractivity contribution in [3.63, 3.8) is 0 Å². The number of nitrogens with zero attached hydrogens (tertiary/aromatic N) is 1. The van der Waals surface area contributed by atoms with Crippen LogP contribution in [-0.2, 0) is 16.6 Å². The van der Waals surface area contributed by atoms with Gasteiger partial charge in [0.1, 0.15) is 6.23 Å². The molecule has 0 fully saturated rings. The summed E-state index contributed by atoms with van der Waals surface area (Å²) in [5.41, 5.74) is 6.87. The van der Waals surface area contributed by atoms with Crippen LogP contribution in [0.25, 0.3) is 5.57 Å². The van der Waals surface area contributed by atoms with Crippen LogP contribution in [-0.4, -0.2) is 13.3 Å². The summed E-state index contributed by atoms with van der Waals surface area (Å²) >= 11 is 0. The van der Waals surface area contributed by atoms with Crippen LogP contribution >= 0.6 is 0 Å². The Balaban J connectivity index is 1.72. The monoisotopic (exact) mass is 358 g/mol. The largest absolute Gasteiger partial charge is 0.358 e. The first-order valence-corrected chi connectivity index (χ1v) is 9.76. The van der Waals surface area contributed by atoms with E-state index in [4.69, 9.17) is 4.74 Å². The van der Waals surface area contributed by atoms with Crippen molar-refractivity contribution in [3.05, 3.63) is 70.8 Å². The summed E-state index contributed by atoms with van der Waals surface area (Å²) in [6.07, 6.45) is 5.34. The van der Waals surface area contributed by atoms with Gasteiger partial charge in [0, 0.05) is 18.4 Å². The Labute approximate surface area is 161 Å². The second-order valence-corrected chi connectivity index (χ2v) is 7.84. The Bertz CT molecular complexity index is 910. The van der Waals surface area contributed by atoms with E-state index in [0.717, 1.165) is 24.1 Å². The lowest BCUT2D eigenvalue weighted by Gasteiger charge is -2.35. The molecule has 1 heterocycles. The Morgan fingerprint density at radius 1 is 1.15 bits per heavy atom. The Hall–Kier alpha value is -2.57. The molecule has 2 aromatic rings. The van der Waals surface area contributed by atoms with Crippen molar-refractivity contribution >= 4 is 11.3 Å². The van der Waals surface area contributed by atoms with Crippen LogP contribution in [0.2, 0.25) is 0 Å². The molecule has 4 rings (SSSR count). The molecule has 0 saturated carbocycles. The van der Waals surface area contributed by atoms with Gasteiger partial charge in [0.05, 0.1) is 11.5 Å². The normalized spacial score (nSPS) is 20.7. The van der Waals surface area contributed by atoms with Gasteiger partial charge in [-0.1, -0.05) is 42.5 Å². The summed E-state index contributed by atoms with van der Waals surface area (Å²) in [6, 6.07) is 19.3. The minimum atomic E-state index is -0.568. The maximum Gasteiger partial charge on any atom is 0.150 e. The van der Waals surface area contributed by atoms with Crippen LogP contribution in [0.5, 0.6) is 0 Å². The van der Waals surface area contributed by atoms with Crippen LogP contribution in [0, 0.1) is 11.3 Å². The average molecular weight is 358 g/mol. The highest BCUT2D eigenvalue weighted by Gasteiger charge is 2.32. The lowest BCUT2D eigenvalue weighted by Crippen LogP contribution is -2.31. The standard InChI is InChI=1S/C24H26N2O/c1-24(16-25,15-17-8-4-3-5-9-17)18-12-13-20-19-10-6-7-11-21(19)23(27-2)26-22(20)14-18/h3-5,8-9,12-14,23,26H,6-7,10-11,15H2,1-2H3. The van der Waals surface area contributed by atoms with Gasteiger partial charge in [-0.05, 0) is 67.4 Å². The molecule has 1 N–H and O–H groups in total. The highest BCUT2D eigenvalue weighted by Crippen LogP contribution is 2.43. The molecule has 0 saturated heterocycles. The van der Waals surface area contributed by atoms with Gasteiger partial charge in [-0.2, -0.15) is 5.26 Å². The first kappa shape index (κ1) is 17.8. The van der Waals surface area contributed by atoms with Crippen LogP contribution < -0.4 is 5.32 Å². The molecular weight excluding hydrogens is 332 g/mol. The zero-order valence-electron chi connectivity index (χ0n) is 16.1. The number of rotatable bonds is 4. The minimum absolute atomic E-state index is 0.0504. The van der Waals surface area contributed by atoms with Crippen LogP contribution in [0.1, 0.15) is 49.3 Å². The molecule has 2 aromatic carbocycles. The molecule has 0 radical (unpaired) electrons. The van der Waals surface area contributed by atoms with Crippen molar-refractivity contribution in [1.29, 1.82) is 5.26 Å². The van der Waals surface area contributed by atoms with Gasteiger partial charge in [-0.25, -0.2) is 0 Å². The van der Waals surface area contributed by atoms with Gasteiger partial charge in [0.15, 0.2) is 0 Å². The Morgan fingerprint density at radius 2 is 1.93 bits per heavy atom. The molecule has 138 valence electrons. The zero-order chi connectivity index (χ0) is 18.9. The van der Waals surface area contributed by atoms with Crippen molar-refractivity contribution in [3.8, 4) is 6.07 Å². The van der Waals surface area contributed by atoms with Crippen molar-refractivity contribution in [2.75, 3.05) is 12.4 Å². The fraction of sp³-hybridized carbons (Fsp3) is 0.375. The Kier molecular flexibility index (Phi) is 4.76. The number of nitriles is 1. The quantitative estimate of drug-likeness (QED) is 0.792. The highest BCUT2D eigenvalue weighted by molar-refractivity contribution is 5.83. The molecule has 0 aromatic heterocycles. The predicted octanol–water partition coefficient (Wildman–Crippen LogP) is 5.44. The second kappa shape index (κ2) is 7.21. The molecule has 1 aliphatic heterocycles. The number of fused-ring (bicyclic) bond motifs is 2. The van der Waals surface area contributed by atoms with E-state index < -0.39 is 5.41 Å². The molecule has 1 aliphatic carbocycles. The van der Waals surface area contributed by atoms with Crippen molar-refractivity contribution in [2.45, 2.75) is 50.7 Å².